The Morgan fingerprint density at radius 3 is 2.53 bits per heavy atom. The normalized spacial score (nSPS) is 15.4. The number of amides is 2. The van der Waals surface area contributed by atoms with E-state index in [2.05, 4.69) is 21.3 Å². The van der Waals surface area contributed by atoms with E-state index in [1.807, 2.05) is 45.9 Å². The molecule has 164 valence electrons. The van der Waals surface area contributed by atoms with Gasteiger partial charge in [0.25, 0.3) is 0 Å². The number of hydrogen-bond acceptors (Lipinski definition) is 4. The van der Waals surface area contributed by atoms with Gasteiger partial charge in [-0.2, -0.15) is 0 Å². The van der Waals surface area contributed by atoms with Gasteiger partial charge in [-0.05, 0) is 52.3 Å². The Morgan fingerprint density at radius 1 is 1.13 bits per heavy atom. The first kappa shape index (κ1) is 22.2. The van der Waals surface area contributed by atoms with Crippen LogP contribution in [-0.4, -0.2) is 71.7 Å². The zero-order chi connectivity index (χ0) is 21.7. The number of nitrogens with one attached hydrogen (secondary N) is 2. The first-order valence-corrected chi connectivity index (χ1v) is 10.8. The highest BCUT2D eigenvalue weighted by Gasteiger charge is 2.25. The maximum absolute atomic E-state index is 12.4. The molecule has 0 spiro atoms. The van der Waals surface area contributed by atoms with Crippen molar-refractivity contribution in [3.63, 3.8) is 0 Å². The minimum atomic E-state index is -0.461. The zero-order valence-electron chi connectivity index (χ0n) is 18.6. The predicted molar refractivity (Wildman–Crippen MR) is 119 cm³/mol. The van der Waals surface area contributed by atoms with Crippen molar-refractivity contribution in [2.75, 3.05) is 39.3 Å². The lowest BCUT2D eigenvalue weighted by Gasteiger charge is -2.35. The summed E-state index contributed by atoms with van der Waals surface area (Å²) in [4.78, 5) is 32.0. The molecule has 2 N–H and O–H groups in total. The molecule has 0 saturated carbocycles. The molecule has 2 amide bonds. The van der Waals surface area contributed by atoms with Crippen molar-refractivity contribution in [2.45, 2.75) is 46.1 Å². The minimum absolute atomic E-state index is 0.0533. The average Bonchev–Trinajstić information content (AvgIpc) is 3.00. The lowest BCUT2D eigenvalue weighted by Crippen LogP contribution is -2.50. The number of hydrogen-bond donors (Lipinski definition) is 2. The molecule has 0 bridgehead atoms. The van der Waals surface area contributed by atoms with E-state index in [9.17, 15) is 9.59 Å². The third-order valence-electron chi connectivity index (χ3n) is 5.36. The van der Waals surface area contributed by atoms with Gasteiger partial charge in [-0.25, -0.2) is 4.79 Å². The van der Waals surface area contributed by atoms with Crippen molar-refractivity contribution in [2.24, 2.45) is 0 Å². The summed E-state index contributed by atoms with van der Waals surface area (Å²) in [7, 11) is 0. The highest BCUT2D eigenvalue weighted by atomic mass is 16.6. The summed E-state index contributed by atoms with van der Waals surface area (Å²) in [6.07, 6.45) is 1.05. The molecule has 2 heterocycles. The number of H-pyrrole nitrogens is 1. The van der Waals surface area contributed by atoms with E-state index in [-0.39, 0.29) is 12.0 Å². The van der Waals surface area contributed by atoms with E-state index < -0.39 is 5.60 Å². The van der Waals surface area contributed by atoms with E-state index in [0.29, 0.717) is 26.1 Å². The Bertz CT molecular complexity index is 876. The van der Waals surface area contributed by atoms with Crippen molar-refractivity contribution in [3.05, 3.63) is 35.5 Å². The Labute approximate surface area is 178 Å². The number of ether oxygens (including phenoxy) is 1. The Kier molecular flexibility index (Phi) is 7.02. The first-order valence-electron chi connectivity index (χ1n) is 10.8. The number of piperazine rings is 1. The fourth-order valence-electron chi connectivity index (χ4n) is 3.80. The molecule has 1 aromatic heterocycles. The molecule has 1 saturated heterocycles. The summed E-state index contributed by atoms with van der Waals surface area (Å²) in [5.74, 6) is 0.0533. The van der Waals surface area contributed by atoms with Gasteiger partial charge in [0.1, 0.15) is 5.60 Å². The fraction of sp³-hybridized carbons (Fsp3) is 0.565. The van der Waals surface area contributed by atoms with Crippen molar-refractivity contribution >= 4 is 22.9 Å². The molecule has 1 aliphatic heterocycles. The third kappa shape index (κ3) is 5.98. The molecule has 0 radical (unpaired) electrons. The second-order valence-electron chi connectivity index (χ2n) is 8.96. The molecular formula is C23H34N4O3. The van der Waals surface area contributed by atoms with E-state index in [4.69, 9.17) is 4.74 Å². The van der Waals surface area contributed by atoms with E-state index >= 15 is 0 Å². The van der Waals surface area contributed by atoms with Gasteiger partial charge in [-0.15, -0.1) is 0 Å². The number of carbonyl (C=O) groups excluding carboxylic acids is 2. The van der Waals surface area contributed by atoms with Crippen molar-refractivity contribution in [1.82, 2.24) is 20.1 Å². The number of para-hydroxylation sites is 1. The average molecular weight is 415 g/mol. The SMILES string of the molecule is Cc1[nH]c2ccccc2c1CC(=O)NCCCN1CCN(C(=O)OC(C)(C)C)CC1. The molecule has 1 fully saturated rings. The van der Waals surface area contributed by atoms with Crippen LogP contribution in [0.25, 0.3) is 10.9 Å². The summed E-state index contributed by atoms with van der Waals surface area (Å²) < 4.78 is 5.43. The minimum Gasteiger partial charge on any atom is -0.444 e. The Hall–Kier alpha value is -2.54. The zero-order valence-corrected chi connectivity index (χ0v) is 18.6. The second kappa shape index (κ2) is 9.51. The van der Waals surface area contributed by atoms with E-state index in [0.717, 1.165) is 48.2 Å². The lowest BCUT2D eigenvalue weighted by molar-refractivity contribution is -0.120. The summed E-state index contributed by atoms with van der Waals surface area (Å²) >= 11 is 0. The van der Waals surface area contributed by atoms with Crippen molar-refractivity contribution in [1.29, 1.82) is 0 Å². The number of nitrogens with zero attached hydrogens (tertiary/aromatic N) is 2. The van der Waals surface area contributed by atoms with Crippen LogP contribution in [0.3, 0.4) is 0 Å². The Balaban J connectivity index is 1.35. The number of benzene rings is 1. The maximum Gasteiger partial charge on any atom is 0.410 e. The Morgan fingerprint density at radius 2 is 1.83 bits per heavy atom. The smallest absolute Gasteiger partial charge is 0.410 e. The molecular weight excluding hydrogens is 380 g/mol. The molecule has 0 unspecified atom stereocenters. The van der Waals surface area contributed by atoms with Gasteiger partial charge in [0.05, 0.1) is 6.42 Å². The third-order valence-corrected chi connectivity index (χ3v) is 5.36. The van der Waals surface area contributed by atoms with Crippen LogP contribution in [0.15, 0.2) is 24.3 Å². The number of rotatable bonds is 6. The molecule has 0 aliphatic carbocycles. The molecule has 7 nitrogen and oxygen atoms in total. The number of carbonyl (C=O) groups is 2. The molecule has 2 aromatic rings. The van der Waals surface area contributed by atoms with Crippen LogP contribution in [0.2, 0.25) is 0 Å². The van der Waals surface area contributed by atoms with E-state index in [1.54, 1.807) is 4.90 Å². The van der Waals surface area contributed by atoms with Crippen LogP contribution < -0.4 is 5.32 Å². The number of aryl methyl sites for hydroxylation is 1. The van der Waals surface area contributed by atoms with E-state index in [1.165, 1.54) is 0 Å². The standard InChI is InChI=1S/C23H34N4O3/c1-17-19(18-8-5-6-9-20(18)25-17)16-21(28)24-10-7-11-26-12-14-27(15-13-26)22(29)30-23(2,3)4/h5-6,8-9,25H,7,10-16H2,1-4H3,(H,24,28). The van der Waals surface area contributed by atoms with Crippen LogP contribution in [0.4, 0.5) is 4.79 Å². The monoisotopic (exact) mass is 414 g/mol. The summed E-state index contributed by atoms with van der Waals surface area (Å²) in [5, 5.41) is 4.16. The molecule has 3 rings (SSSR count). The second-order valence-corrected chi connectivity index (χ2v) is 8.96. The van der Waals surface area contributed by atoms with Crippen molar-refractivity contribution in [3.8, 4) is 0 Å². The molecule has 7 heteroatoms. The largest absolute Gasteiger partial charge is 0.444 e. The number of aromatic nitrogens is 1. The quantitative estimate of drug-likeness (QED) is 0.712. The topological polar surface area (TPSA) is 77.7 Å². The lowest BCUT2D eigenvalue weighted by atomic mass is 10.1. The van der Waals surface area contributed by atoms with Gasteiger partial charge in [0.15, 0.2) is 0 Å². The molecule has 30 heavy (non-hydrogen) atoms. The first-order chi connectivity index (χ1) is 14.2. The van der Waals surface area contributed by atoms with Gasteiger partial charge >= 0.3 is 6.09 Å². The fourth-order valence-corrected chi connectivity index (χ4v) is 3.80. The van der Waals surface area contributed by atoms with Crippen LogP contribution in [0.1, 0.15) is 38.4 Å². The van der Waals surface area contributed by atoms with Gasteiger partial charge in [0.2, 0.25) is 5.91 Å². The van der Waals surface area contributed by atoms with Crippen molar-refractivity contribution < 1.29 is 14.3 Å². The summed E-state index contributed by atoms with van der Waals surface area (Å²) in [6.45, 7) is 12.3. The maximum atomic E-state index is 12.4. The molecule has 1 aromatic carbocycles. The number of aromatic amines is 1. The van der Waals surface area contributed by atoms with Gasteiger partial charge in [-0.1, -0.05) is 18.2 Å². The summed E-state index contributed by atoms with van der Waals surface area (Å²) in [5.41, 5.74) is 2.73. The van der Waals surface area contributed by atoms with Gasteiger partial charge < -0.3 is 19.9 Å². The molecule has 0 atom stereocenters. The van der Waals surface area contributed by atoms with Gasteiger partial charge in [0, 0.05) is 49.3 Å². The number of fused-ring (bicyclic) bond motifs is 1. The van der Waals surface area contributed by atoms with Gasteiger partial charge in [-0.3, -0.25) is 9.69 Å². The van der Waals surface area contributed by atoms with Crippen LogP contribution in [0.5, 0.6) is 0 Å². The highest BCUT2D eigenvalue weighted by Crippen LogP contribution is 2.22. The van der Waals surface area contributed by atoms with Crippen LogP contribution in [-0.2, 0) is 16.0 Å². The van der Waals surface area contributed by atoms with Crippen LogP contribution in [0, 0.1) is 6.92 Å². The summed E-state index contributed by atoms with van der Waals surface area (Å²) in [6, 6.07) is 8.08. The predicted octanol–water partition coefficient (Wildman–Crippen LogP) is 3.08. The van der Waals surface area contributed by atoms with Crippen LogP contribution >= 0.6 is 0 Å². The molecule has 1 aliphatic rings. The highest BCUT2D eigenvalue weighted by molar-refractivity contribution is 5.90.